The number of anilines is 1. The summed E-state index contributed by atoms with van der Waals surface area (Å²) in [5.74, 6) is 0.600. The third-order valence-electron chi connectivity index (χ3n) is 8.89. The Bertz CT molecular complexity index is 1410. The number of nitrogens with zero attached hydrogens (tertiary/aromatic N) is 4. The number of alkyl halides is 3. The molecule has 3 heterocycles. The molecule has 1 aromatic heterocycles. The number of benzene rings is 2. The molecule has 0 spiro atoms. The van der Waals surface area contributed by atoms with Crippen LogP contribution in [0.1, 0.15) is 83.4 Å². The Kier molecular flexibility index (Phi) is 6.94. The Morgan fingerprint density at radius 3 is 2.60 bits per heavy atom. The monoisotopic (exact) mass is 553 g/mol. The summed E-state index contributed by atoms with van der Waals surface area (Å²) in [6.07, 6.45) is 1.94. The second-order valence-corrected chi connectivity index (χ2v) is 11.6. The van der Waals surface area contributed by atoms with Crippen molar-refractivity contribution >= 4 is 11.6 Å². The minimum atomic E-state index is -4.56. The first-order chi connectivity index (χ1) is 19.1. The highest BCUT2D eigenvalue weighted by molar-refractivity contribution is 6.10. The zero-order valence-corrected chi connectivity index (χ0v) is 22.8. The second-order valence-electron chi connectivity index (χ2n) is 11.6. The van der Waals surface area contributed by atoms with Crippen LogP contribution < -0.4 is 10.2 Å². The minimum Gasteiger partial charge on any atom is -0.381 e. The number of hydrogen-bond acceptors (Lipinski definition) is 5. The molecule has 7 nitrogen and oxygen atoms in total. The molecule has 1 saturated carbocycles. The number of nitrogens with one attached hydrogen (secondary N) is 1. The van der Waals surface area contributed by atoms with Crippen molar-refractivity contribution in [2.75, 3.05) is 18.1 Å². The van der Waals surface area contributed by atoms with Gasteiger partial charge in [0.25, 0.3) is 5.91 Å². The van der Waals surface area contributed by atoms with Crippen molar-refractivity contribution in [3.8, 4) is 0 Å². The first kappa shape index (κ1) is 27.0. The molecule has 1 amide bonds. The average molecular weight is 554 g/mol. The third-order valence-corrected chi connectivity index (χ3v) is 8.89. The molecule has 1 unspecified atom stereocenters. The van der Waals surface area contributed by atoms with E-state index in [1.807, 2.05) is 29.8 Å². The van der Waals surface area contributed by atoms with Crippen molar-refractivity contribution in [2.45, 2.75) is 69.8 Å². The van der Waals surface area contributed by atoms with Crippen LogP contribution in [0, 0.1) is 5.92 Å². The molecule has 2 aromatic carbocycles. The highest BCUT2D eigenvalue weighted by Crippen LogP contribution is 2.42. The largest absolute Gasteiger partial charge is 0.416 e. The lowest BCUT2D eigenvalue weighted by molar-refractivity contribution is -0.138. The van der Waals surface area contributed by atoms with Gasteiger partial charge in [0.2, 0.25) is 0 Å². The van der Waals surface area contributed by atoms with E-state index in [0.717, 1.165) is 43.5 Å². The number of rotatable bonds is 7. The summed E-state index contributed by atoms with van der Waals surface area (Å²) >= 11 is 0. The van der Waals surface area contributed by atoms with E-state index in [2.05, 4.69) is 22.4 Å². The molecule has 2 aliphatic heterocycles. The number of hydrogen-bond donors (Lipinski definition) is 1. The molecule has 0 radical (unpaired) electrons. The van der Waals surface area contributed by atoms with Crippen LogP contribution in [0.15, 0.2) is 42.7 Å². The van der Waals surface area contributed by atoms with E-state index >= 15 is 0 Å². The van der Waals surface area contributed by atoms with Gasteiger partial charge < -0.3 is 19.5 Å². The number of ether oxygens (including phenoxy) is 1. The molecular weight excluding hydrogens is 519 g/mol. The molecule has 1 saturated heterocycles. The number of aryl methyl sites for hydroxylation is 1. The lowest BCUT2D eigenvalue weighted by Crippen LogP contribution is -2.47. The fraction of sp³-hybridized carbons (Fsp3) is 0.500. The number of carbonyl (C=O) groups is 1. The third kappa shape index (κ3) is 5.03. The maximum Gasteiger partial charge on any atom is 0.416 e. The van der Waals surface area contributed by atoms with E-state index in [-0.39, 0.29) is 35.0 Å². The summed E-state index contributed by atoms with van der Waals surface area (Å²) in [7, 11) is 1.91. The van der Waals surface area contributed by atoms with Crippen LogP contribution in [0.4, 0.5) is 18.9 Å². The number of amides is 1. The van der Waals surface area contributed by atoms with E-state index in [0.29, 0.717) is 31.0 Å². The van der Waals surface area contributed by atoms with Crippen LogP contribution in [-0.4, -0.2) is 39.4 Å². The van der Waals surface area contributed by atoms with E-state index in [1.54, 1.807) is 18.5 Å². The van der Waals surface area contributed by atoms with Gasteiger partial charge in [-0.3, -0.25) is 4.79 Å². The fourth-order valence-corrected chi connectivity index (χ4v) is 6.37. The van der Waals surface area contributed by atoms with Crippen molar-refractivity contribution in [3.63, 3.8) is 0 Å². The number of aromatic nitrogens is 3. The van der Waals surface area contributed by atoms with Gasteiger partial charge in [-0.25, -0.2) is 0 Å². The number of halogens is 3. The van der Waals surface area contributed by atoms with Gasteiger partial charge in [-0.1, -0.05) is 12.1 Å². The topological polar surface area (TPSA) is 72.3 Å². The molecule has 0 bridgehead atoms. The summed E-state index contributed by atoms with van der Waals surface area (Å²) in [4.78, 5) is 15.1. The zero-order valence-electron chi connectivity index (χ0n) is 22.8. The lowest BCUT2D eigenvalue weighted by Gasteiger charge is -2.39. The summed E-state index contributed by atoms with van der Waals surface area (Å²) in [6.45, 7) is 3.58. The van der Waals surface area contributed by atoms with Gasteiger partial charge in [-0.05, 0) is 85.9 Å². The normalized spacial score (nSPS) is 19.9. The Morgan fingerprint density at radius 2 is 1.95 bits per heavy atom. The van der Waals surface area contributed by atoms with E-state index in [4.69, 9.17) is 4.74 Å². The van der Waals surface area contributed by atoms with Crippen LogP contribution in [0.5, 0.6) is 0 Å². The van der Waals surface area contributed by atoms with E-state index in [1.165, 1.54) is 11.0 Å². The average Bonchev–Trinajstić information content (AvgIpc) is 3.49. The summed E-state index contributed by atoms with van der Waals surface area (Å²) in [5, 5.41) is 11.9. The van der Waals surface area contributed by atoms with Gasteiger partial charge in [0.1, 0.15) is 12.2 Å². The molecule has 2 fully saturated rings. The van der Waals surface area contributed by atoms with Gasteiger partial charge in [-0.15, -0.1) is 10.2 Å². The molecule has 3 aromatic rings. The quantitative estimate of drug-likeness (QED) is 0.413. The van der Waals surface area contributed by atoms with Gasteiger partial charge in [-0.2, -0.15) is 13.2 Å². The van der Waals surface area contributed by atoms with Crippen molar-refractivity contribution in [2.24, 2.45) is 13.0 Å². The Hall–Kier alpha value is -3.24. The maximum atomic E-state index is 14.2. The summed E-state index contributed by atoms with van der Waals surface area (Å²) < 4.78 is 50.2. The smallest absolute Gasteiger partial charge is 0.381 e. The van der Waals surface area contributed by atoms with Crippen molar-refractivity contribution in [1.29, 1.82) is 0 Å². The van der Waals surface area contributed by atoms with Crippen LogP contribution in [-0.2, 0) is 31.1 Å². The molecule has 212 valence electrons. The Balaban J connectivity index is 1.33. The van der Waals surface area contributed by atoms with Crippen LogP contribution >= 0.6 is 0 Å². The summed E-state index contributed by atoms with van der Waals surface area (Å²) in [5.41, 5.74) is 1.39. The fourth-order valence-electron chi connectivity index (χ4n) is 6.37. The van der Waals surface area contributed by atoms with Crippen molar-refractivity contribution in [1.82, 2.24) is 20.1 Å². The first-order valence-corrected chi connectivity index (χ1v) is 13.9. The lowest BCUT2D eigenvalue weighted by atomic mass is 9.78. The molecule has 3 aliphatic rings. The minimum absolute atomic E-state index is 0.0378. The first-order valence-electron chi connectivity index (χ1n) is 13.9. The predicted molar refractivity (Wildman–Crippen MR) is 144 cm³/mol. The zero-order chi connectivity index (χ0) is 28.1. The summed E-state index contributed by atoms with van der Waals surface area (Å²) in [6, 6.07) is 10.4. The predicted octanol–water partition coefficient (Wildman–Crippen LogP) is 5.59. The highest BCUT2D eigenvalue weighted by atomic mass is 19.4. The molecule has 10 heteroatoms. The molecule has 6 rings (SSSR count). The van der Waals surface area contributed by atoms with Gasteiger partial charge in [0.15, 0.2) is 0 Å². The van der Waals surface area contributed by atoms with Crippen molar-refractivity contribution in [3.05, 3.63) is 76.4 Å². The van der Waals surface area contributed by atoms with Gasteiger partial charge in [0, 0.05) is 49.5 Å². The maximum absolute atomic E-state index is 14.2. The molecule has 1 N–H and O–H groups in total. The second kappa shape index (κ2) is 10.3. The Morgan fingerprint density at radius 1 is 1.18 bits per heavy atom. The Labute approximate surface area is 231 Å². The molecule has 40 heavy (non-hydrogen) atoms. The standard InChI is InChI=1S/C30H34F3N5O2/c1-29(9-4-10-29)34-16-19-13-23-24(25(14-19)30(31,32)33)17-38(28(23)39)22-6-3-5-21(15-22)26(20-7-11-40-12-8-20)27-36-35-18-37(27)2/h3,5-6,13-15,18,20,26,34H,4,7-12,16-17H2,1-2H3. The van der Waals surface area contributed by atoms with Crippen LogP contribution in [0.25, 0.3) is 0 Å². The van der Waals surface area contributed by atoms with Crippen LogP contribution in [0.2, 0.25) is 0 Å². The SMILES string of the molecule is Cn1cnnc1C(c1cccc(N2Cc3c(cc(CNC4(C)CCC4)cc3C(F)(F)F)C2=O)c1)C1CCOCC1. The van der Waals surface area contributed by atoms with Crippen LogP contribution in [0.3, 0.4) is 0 Å². The van der Waals surface area contributed by atoms with Gasteiger partial charge >= 0.3 is 6.18 Å². The molecule has 1 atom stereocenters. The number of fused-ring (bicyclic) bond motifs is 1. The van der Waals surface area contributed by atoms with Gasteiger partial charge in [0.05, 0.1) is 12.1 Å². The van der Waals surface area contributed by atoms with Crippen molar-refractivity contribution < 1.29 is 22.7 Å². The van der Waals surface area contributed by atoms with E-state index in [9.17, 15) is 18.0 Å². The molecule has 1 aliphatic carbocycles. The van der Waals surface area contributed by atoms with E-state index < -0.39 is 17.6 Å². The number of carbonyl (C=O) groups excluding carboxylic acids is 1. The molecular formula is C30H34F3N5O2. The highest BCUT2D eigenvalue weighted by Gasteiger charge is 2.41.